The molecule has 4 heterocycles. The van der Waals surface area contributed by atoms with Crippen molar-refractivity contribution in [3.63, 3.8) is 0 Å². The van der Waals surface area contributed by atoms with E-state index >= 15 is 0 Å². The van der Waals surface area contributed by atoms with E-state index in [-0.39, 0.29) is 0 Å². The van der Waals surface area contributed by atoms with Gasteiger partial charge in [0.1, 0.15) is 5.52 Å². The summed E-state index contributed by atoms with van der Waals surface area (Å²) in [6, 6.07) is 0.337. The van der Waals surface area contributed by atoms with E-state index in [1.165, 1.54) is 6.42 Å². The lowest BCUT2D eigenvalue weighted by Gasteiger charge is -2.21. The molecule has 0 saturated carbocycles. The first-order chi connectivity index (χ1) is 10.3. The van der Waals surface area contributed by atoms with Gasteiger partial charge >= 0.3 is 0 Å². The fraction of sp³-hybridized carbons (Fsp3) is 0.643. The molecule has 0 aromatic carbocycles. The summed E-state index contributed by atoms with van der Waals surface area (Å²) in [5, 5.41) is 6.76. The van der Waals surface area contributed by atoms with Crippen LogP contribution in [0.15, 0.2) is 6.33 Å². The average Bonchev–Trinajstić information content (AvgIpc) is 3.20. The standard InChI is InChI=1S/C14H20N6O/c1-2-5-15-14-19-12-11(16-7-17-12)13(20-14)18-9-6-8-3-4-10(9)21-8/h7-10H,2-6H2,1H3,(H3,15,16,17,18,19,20). The van der Waals surface area contributed by atoms with Gasteiger partial charge in [-0.3, -0.25) is 0 Å². The molecular weight excluding hydrogens is 268 g/mol. The molecule has 7 nitrogen and oxygen atoms in total. The van der Waals surface area contributed by atoms with Gasteiger partial charge in [-0.15, -0.1) is 0 Å². The molecule has 7 heteroatoms. The van der Waals surface area contributed by atoms with Gasteiger partial charge in [0.15, 0.2) is 11.5 Å². The van der Waals surface area contributed by atoms with Crippen molar-refractivity contribution >= 4 is 22.9 Å². The van der Waals surface area contributed by atoms with Crippen molar-refractivity contribution in [3.8, 4) is 0 Å². The highest BCUT2D eigenvalue weighted by atomic mass is 16.5. The lowest BCUT2D eigenvalue weighted by atomic mass is 9.95. The molecule has 3 atom stereocenters. The van der Waals surface area contributed by atoms with Gasteiger partial charge in [-0.05, 0) is 25.7 Å². The molecular formula is C14H20N6O. The average molecular weight is 288 g/mol. The Morgan fingerprint density at radius 3 is 3.10 bits per heavy atom. The summed E-state index contributed by atoms with van der Waals surface area (Å²) >= 11 is 0. The van der Waals surface area contributed by atoms with Gasteiger partial charge in [-0.25, -0.2) is 4.98 Å². The summed E-state index contributed by atoms with van der Waals surface area (Å²) < 4.78 is 5.90. The van der Waals surface area contributed by atoms with Crippen LogP contribution in [0.5, 0.6) is 0 Å². The summed E-state index contributed by atoms with van der Waals surface area (Å²) in [6.45, 7) is 2.97. The second-order valence-electron chi connectivity index (χ2n) is 5.78. The van der Waals surface area contributed by atoms with E-state index < -0.39 is 0 Å². The van der Waals surface area contributed by atoms with Crippen molar-refractivity contribution in [2.75, 3.05) is 17.2 Å². The molecule has 2 aromatic rings. The number of rotatable bonds is 5. The van der Waals surface area contributed by atoms with E-state index in [2.05, 4.69) is 37.5 Å². The monoisotopic (exact) mass is 288 g/mol. The van der Waals surface area contributed by atoms with Gasteiger partial charge in [0.05, 0.1) is 24.6 Å². The zero-order valence-electron chi connectivity index (χ0n) is 12.1. The van der Waals surface area contributed by atoms with Crippen LogP contribution < -0.4 is 10.6 Å². The molecule has 3 N–H and O–H groups in total. The molecule has 2 bridgehead atoms. The second-order valence-corrected chi connectivity index (χ2v) is 5.78. The Morgan fingerprint density at radius 2 is 2.33 bits per heavy atom. The van der Waals surface area contributed by atoms with Crippen molar-refractivity contribution in [1.82, 2.24) is 19.9 Å². The maximum absolute atomic E-state index is 5.90. The summed E-state index contributed by atoms with van der Waals surface area (Å²) in [4.78, 5) is 16.4. The number of aromatic amines is 1. The highest BCUT2D eigenvalue weighted by Gasteiger charge is 2.41. The molecule has 3 unspecified atom stereocenters. The Balaban J connectivity index is 1.61. The number of nitrogens with one attached hydrogen (secondary N) is 3. The molecule has 2 fully saturated rings. The predicted octanol–water partition coefficient (Wildman–Crippen LogP) is 1.91. The largest absolute Gasteiger partial charge is 0.373 e. The number of imidazole rings is 1. The van der Waals surface area contributed by atoms with E-state index in [4.69, 9.17) is 4.74 Å². The molecule has 0 radical (unpaired) electrons. The molecule has 112 valence electrons. The van der Waals surface area contributed by atoms with E-state index in [1.54, 1.807) is 6.33 Å². The third kappa shape index (κ3) is 2.31. The minimum absolute atomic E-state index is 0.315. The lowest BCUT2D eigenvalue weighted by molar-refractivity contribution is 0.102. The molecule has 2 saturated heterocycles. The number of nitrogens with zero attached hydrogens (tertiary/aromatic N) is 3. The molecule has 0 amide bonds. The first-order valence-corrected chi connectivity index (χ1v) is 7.70. The van der Waals surface area contributed by atoms with Crippen LogP contribution in [-0.4, -0.2) is 44.7 Å². The van der Waals surface area contributed by atoms with Crippen LogP contribution >= 0.6 is 0 Å². The van der Waals surface area contributed by atoms with Crippen LogP contribution in [0.25, 0.3) is 11.2 Å². The van der Waals surface area contributed by atoms with Crippen molar-refractivity contribution in [2.45, 2.75) is 50.9 Å². The smallest absolute Gasteiger partial charge is 0.226 e. The highest BCUT2D eigenvalue weighted by molar-refractivity contribution is 5.83. The normalized spacial score (nSPS) is 27.4. The molecule has 2 aromatic heterocycles. The third-order valence-corrected chi connectivity index (χ3v) is 4.25. The van der Waals surface area contributed by atoms with Crippen molar-refractivity contribution in [1.29, 1.82) is 0 Å². The van der Waals surface area contributed by atoms with Crippen LogP contribution in [-0.2, 0) is 4.74 Å². The van der Waals surface area contributed by atoms with Gasteiger partial charge in [0.2, 0.25) is 5.95 Å². The minimum atomic E-state index is 0.315. The molecule has 2 aliphatic heterocycles. The first kappa shape index (κ1) is 12.8. The van der Waals surface area contributed by atoms with Crippen molar-refractivity contribution in [3.05, 3.63) is 6.33 Å². The minimum Gasteiger partial charge on any atom is -0.373 e. The molecule has 4 rings (SSSR count). The fourth-order valence-electron chi connectivity index (χ4n) is 3.22. The highest BCUT2D eigenvalue weighted by Crippen LogP contribution is 2.36. The Kier molecular flexibility index (Phi) is 3.14. The van der Waals surface area contributed by atoms with Gasteiger partial charge in [0, 0.05) is 6.54 Å². The van der Waals surface area contributed by atoms with Crippen molar-refractivity contribution < 1.29 is 4.74 Å². The number of aromatic nitrogens is 4. The number of hydrogen-bond donors (Lipinski definition) is 3. The van der Waals surface area contributed by atoms with Crippen LogP contribution in [0.3, 0.4) is 0 Å². The lowest BCUT2D eigenvalue weighted by Crippen LogP contribution is -2.31. The maximum atomic E-state index is 5.90. The Labute approximate surface area is 122 Å². The predicted molar refractivity (Wildman–Crippen MR) is 80.4 cm³/mol. The topological polar surface area (TPSA) is 87.8 Å². The SMILES string of the molecule is CCCNc1nc(NC2CC3CCC2O3)c2[nH]cnc2n1. The van der Waals surface area contributed by atoms with Gasteiger partial charge < -0.3 is 20.4 Å². The number of hydrogen-bond acceptors (Lipinski definition) is 6. The quantitative estimate of drug-likeness (QED) is 0.779. The Morgan fingerprint density at radius 1 is 1.38 bits per heavy atom. The van der Waals surface area contributed by atoms with Gasteiger partial charge in [0.25, 0.3) is 0 Å². The summed E-state index contributed by atoms with van der Waals surface area (Å²) in [5.41, 5.74) is 1.55. The second kappa shape index (κ2) is 5.14. The van der Waals surface area contributed by atoms with Crippen LogP contribution in [0.1, 0.15) is 32.6 Å². The number of anilines is 2. The summed E-state index contributed by atoms with van der Waals surface area (Å²) in [5.74, 6) is 1.44. The van der Waals surface area contributed by atoms with Crippen LogP contribution in [0.4, 0.5) is 11.8 Å². The zero-order chi connectivity index (χ0) is 14.2. The third-order valence-electron chi connectivity index (χ3n) is 4.25. The van der Waals surface area contributed by atoms with E-state index in [1.807, 2.05) is 0 Å². The maximum Gasteiger partial charge on any atom is 0.226 e. The molecule has 21 heavy (non-hydrogen) atoms. The van der Waals surface area contributed by atoms with E-state index in [0.717, 1.165) is 37.1 Å². The van der Waals surface area contributed by atoms with Crippen LogP contribution in [0.2, 0.25) is 0 Å². The molecule has 2 aliphatic rings. The fourth-order valence-corrected chi connectivity index (χ4v) is 3.22. The summed E-state index contributed by atoms with van der Waals surface area (Å²) in [7, 11) is 0. The molecule has 0 spiro atoms. The van der Waals surface area contributed by atoms with E-state index in [9.17, 15) is 0 Å². The van der Waals surface area contributed by atoms with Gasteiger partial charge in [-0.1, -0.05) is 6.92 Å². The number of H-pyrrole nitrogens is 1. The molecule has 0 aliphatic carbocycles. The van der Waals surface area contributed by atoms with Gasteiger partial charge in [-0.2, -0.15) is 9.97 Å². The Bertz CT molecular complexity index is 641. The summed E-state index contributed by atoms with van der Waals surface area (Å²) in [6.07, 6.45) is 6.81. The number of ether oxygens (including phenoxy) is 1. The Hall–Kier alpha value is -1.89. The van der Waals surface area contributed by atoms with E-state index in [0.29, 0.717) is 29.8 Å². The first-order valence-electron chi connectivity index (χ1n) is 7.70. The number of fused-ring (bicyclic) bond motifs is 3. The zero-order valence-corrected chi connectivity index (χ0v) is 12.1. The van der Waals surface area contributed by atoms with Crippen LogP contribution in [0, 0.1) is 0 Å². The van der Waals surface area contributed by atoms with Crippen molar-refractivity contribution in [2.24, 2.45) is 0 Å².